The first-order valence-electron chi connectivity index (χ1n) is 9.52. The van der Waals surface area contributed by atoms with Gasteiger partial charge in [0.2, 0.25) is 0 Å². The summed E-state index contributed by atoms with van der Waals surface area (Å²) in [5.41, 5.74) is 9.19. The topological polar surface area (TPSA) is 85.8 Å². The number of hydrogen-bond acceptors (Lipinski definition) is 4. The lowest BCUT2D eigenvalue weighted by Crippen LogP contribution is -2.38. The van der Waals surface area contributed by atoms with Gasteiger partial charge in [-0.05, 0) is 38.7 Å². The van der Waals surface area contributed by atoms with Crippen molar-refractivity contribution in [2.24, 2.45) is 11.7 Å². The highest BCUT2D eigenvalue weighted by Gasteiger charge is 2.29. The maximum absolute atomic E-state index is 12.9. The van der Waals surface area contributed by atoms with Crippen LogP contribution in [0.3, 0.4) is 0 Å². The third kappa shape index (κ3) is 4.89. The molecule has 8 heteroatoms. The normalized spacial score (nSPS) is 14.2. The zero-order chi connectivity index (χ0) is 19.0. The molecule has 1 fully saturated rings. The minimum atomic E-state index is -0.126. The lowest BCUT2D eigenvalue weighted by Gasteiger charge is -2.13. The van der Waals surface area contributed by atoms with Crippen molar-refractivity contribution in [2.45, 2.75) is 38.8 Å². The van der Waals surface area contributed by atoms with E-state index in [-0.39, 0.29) is 42.8 Å². The van der Waals surface area contributed by atoms with Crippen LogP contribution in [0.15, 0.2) is 42.6 Å². The lowest BCUT2D eigenvalue weighted by molar-refractivity contribution is 0.0952. The van der Waals surface area contributed by atoms with Gasteiger partial charge in [-0.2, -0.15) is 5.10 Å². The SMILES string of the molecule is CC(C)n1ncc2c(C(=O)NCC(N)C3CC3)cc(-c3ccccc3)nc21.Cl.Cl. The van der Waals surface area contributed by atoms with Crippen LogP contribution >= 0.6 is 24.8 Å². The van der Waals surface area contributed by atoms with E-state index >= 15 is 0 Å². The molecule has 1 aliphatic rings. The van der Waals surface area contributed by atoms with Crippen LogP contribution in [0, 0.1) is 5.92 Å². The van der Waals surface area contributed by atoms with Gasteiger partial charge in [-0.15, -0.1) is 24.8 Å². The van der Waals surface area contributed by atoms with Crippen molar-refractivity contribution in [2.75, 3.05) is 6.54 Å². The predicted molar refractivity (Wildman–Crippen MR) is 121 cm³/mol. The summed E-state index contributed by atoms with van der Waals surface area (Å²) in [6.07, 6.45) is 4.05. The molecule has 0 radical (unpaired) electrons. The Balaban J connectivity index is 0.00000150. The van der Waals surface area contributed by atoms with E-state index in [9.17, 15) is 4.79 Å². The summed E-state index contributed by atoms with van der Waals surface area (Å²) in [6.45, 7) is 4.60. The Bertz CT molecular complexity index is 970. The third-order valence-electron chi connectivity index (χ3n) is 5.10. The smallest absolute Gasteiger partial charge is 0.252 e. The van der Waals surface area contributed by atoms with Gasteiger partial charge in [0.25, 0.3) is 5.91 Å². The van der Waals surface area contributed by atoms with Crippen molar-refractivity contribution >= 4 is 41.8 Å². The molecule has 156 valence electrons. The van der Waals surface area contributed by atoms with Gasteiger partial charge in [-0.1, -0.05) is 30.3 Å². The largest absolute Gasteiger partial charge is 0.350 e. The fourth-order valence-electron chi connectivity index (χ4n) is 3.34. The average molecular weight is 436 g/mol. The van der Waals surface area contributed by atoms with E-state index in [0.717, 1.165) is 35.1 Å². The zero-order valence-electron chi connectivity index (χ0n) is 16.5. The van der Waals surface area contributed by atoms with Crippen molar-refractivity contribution in [1.29, 1.82) is 0 Å². The third-order valence-corrected chi connectivity index (χ3v) is 5.10. The second-order valence-electron chi connectivity index (χ2n) is 7.55. The van der Waals surface area contributed by atoms with Gasteiger partial charge in [0.1, 0.15) is 0 Å². The fourth-order valence-corrected chi connectivity index (χ4v) is 3.34. The maximum atomic E-state index is 12.9. The number of amides is 1. The Labute approximate surface area is 183 Å². The van der Waals surface area contributed by atoms with E-state index in [1.807, 2.05) is 41.1 Å². The van der Waals surface area contributed by atoms with Crippen LogP contribution < -0.4 is 11.1 Å². The average Bonchev–Trinajstić information content (AvgIpc) is 3.44. The highest BCUT2D eigenvalue weighted by molar-refractivity contribution is 6.06. The Morgan fingerprint density at radius 1 is 1.24 bits per heavy atom. The number of hydrogen-bond donors (Lipinski definition) is 2. The minimum absolute atomic E-state index is 0. The molecule has 6 nitrogen and oxygen atoms in total. The number of carbonyl (C=O) groups excluding carboxylic acids is 1. The number of halogens is 2. The molecule has 1 aliphatic carbocycles. The molecule has 0 bridgehead atoms. The Morgan fingerprint density at radius 2 is 1.93 bits per heavy atom. The maximum Gasteiger partial charge on any atom is 0.252 e. The van der Waals surface area contributed by atoms with Crippen molar-refractivity contribution in [3.63, 3.8) is 0 Å². The number of pyridine rings is 1. The molecule has 3 aromatic rings. The summed E-state index contributed by atoms with van der Waals surface area (Å²) in [7, 11) is 0. The predicted octanol–water partition coefficient (Wildman–Crippen LogP) is 3.99. The van der Waals surface area contributed by atoms with Crippen LogP contribution in [-0.4, -0.2) is 33.3 Å². The summed E-state index contributed by atoms with van der Waals surface area (Å²) in [5.74, 6) is 0.422. The van der Waals surface area contributed by atoms with E-state index in [1.54, 1.807) is 6.20 Å². The van der Waals surface area contributed by atoms with E-state index in [2.05, 4.69) is 24.3 Å². The molecule has 1 atom stereocenters. The molecule has 1 aromatic carbocycles. The molecular weight excluding hydrogens is 409 g/mol. The van der Waals surface area contributed by atoms with Crippen LogP contribution in [0.2, 0.25) is 0 Å². The van der Waals surface area contributed by atoms with Crippen molar-refractivity contribution in [3.8, 4) is 11.3 Å². The quantitative estimate of drug-likeness (QED) is 0.612. The second kappa shape index (κ2) is 9.57. The molecule has 0 aliphatic heterocycles. The molecule has 4 rings (SSSR count). The Morgan fingerprint density at radius 3 is 2.55 bits per heavy atom. The summed E-state index contributed by atoms with van der Waals surface area (Å²) in [5, 5.41) is 8.22. The van der Waals surface area contributed by atoms with Gasteiger partial charge >= 0.3 is 0 Å². The lowest BCUT2D eigenvalue weighted by atomic mass is 10.1. The van der Waals surface area contributed by atoms with Crippen LogP contribution in [0.4, 0.5) is 0 Å². The first-order valence-corrected chi connectivity index (χ1v) is 9.52. The second-order valence-corrected chi connectivity index (χ2v) is 7.55. The van der Waals surface area contributed by atoms with Gasteiger partial charge in [0, 0.05) is 24.2 Å². The Hall–Kier alpha value is -2.15. The molecule has 0 spiro atoms. The van der Waals surface area contributed by atoms with E-state index < -0.39 is 0 Å². The van der Waals surface area contributed by atoms with Gasteiger partial charge < -0.3 is 11.1 Å². The van der Waals surface area contributed by atoms with Crippen molar-refractivity contribution in [1.82, 2.24) is 20.1 Å². The number of nitrogens with zero attached hydrogens (tertiary/aromatic N) is 3. The molecule has 2 heterocycles. The molecule has 1 unspecified atom stereocenters. The minimum Gasteiger partial charge on any atom is -0.350 e. The van der Waals surface area contributed by atoms with Crippen LogP contribution in [0.1, 0.15) is 43.1 Å². The first kappa shape index (κ1) is 23.1. The Kier molecular flexibility index (Phi) is 7.63. The van der Waals surface area contributed by atoms with Gasteiger partial charge in [-0.25, -0.2) is 9.67 Å². The molecule has 1 saturated carbocycles. The molecule has 2 aromatic heterocycles. The number of carbonyl (C=O) groups is 1. The standard InChI is InChI=1S/C21H25N5O.2ClH/c1-13(2)26-20-17(11-24-26)16(21(27)23-12-18(22)14-8-9-14)10-19(25-20)15-6-4-3-5-7-15;;/h3-7,10-11,13-14,18H,8-9,12,22H2,1-2H3,(H,23,27);2*1H. The van der Waals surface area contributed by atoms with Crippen LogP contribution in [0.25, 0.3) is 22.3 Å². The van der Waals surface area contributed by atoms with Crippen molar-refractivity contribution in [3.05, 3.63) is 48.2 Å². The number of benzene rings is 1. The highest BCUT2D eigenvalue weighted by atomic mass is 35.5. The summed E-state index contributed by atoms with van der Waals surface area (Å²) in [6, 6.07) is 11.9. The number of nitrogens with one attached hydrogen (secondary N) is 1. The van der Waals surface area contributed by atoms with Gasteiger partial charge in [0.15, 0.2) is 5.65 Å². The van der Waals surface area contributed by atoms with E-state index in [1.165, 1.54) is 0 Å². The summed E-state index contributed by atoms with van der Waals surface area (Å²) < 4.78 is 1.86. The zero-order valence-corrected chi connectivity index (χ0v) is 18.2. The molecule has 3 N–H and O–H groups in total. The molecular formula is C21H27Cl2N5O. The van der Waals surface area contributed by atoms with Gasteiger partial charge in [-0.3, -0.25) is 4.79 Å². The summed E-state index contributed by atoms with van der Waals surface area (Å²) >= 11 is 0. The molecule has 0 saturated heterocycles. The first-order chi connectivity index (χ1) is 13.0. The summed E-state index contributed by atoms with van der Waals surface area (Å²) in [4.78, 5) is 17.7. The van der Waals surface area contributed by atoms with Crippen LogP contribution in [-0.2, 0) is 0 Å². The number of aromatic nitrogens is 3. The van der Waals surface area contributed by atoms with Crippen molar-refractivity contribution < 1.29 is 4.79 Å². The van der Waals surface area contributed by atoms with E-state index in [0.29, 0.717) is 18.0 Å². The number of fused-ring (bicyclic) bond motifs is 1. The fraction of sp³-hybridized carbons (Fsp3) is 0.381. The number of nitrogens with two attached hydrogens (primary N) is 1. The number of rotatable bonds is 6. The van der Waals surface area contributed by atoms with Crippen LogP contribution in [0.5, 0.6) is 0 Å². The highest BCUT2D eigenvalue weighted by Crippen LogP contribution is 2.31. The molecule has 29 heavy (non-hydrogen) atoms. The van der Waals surface area contributed by atoms with Gasteiger partial charge in [0.05, 0.1) is 22.8 Å². The monoisotopic (exact) mass is 435 g/mol. The molecule has 1 amide bonds. The van der Waals surface area contributed by atoms with E-state index in [4.69, 9.17) is 10.7 Å².